The third-order valence-electron chi connectivity index (χ3n) is 31.7. The van der Waals surface area contributed by atoms with E-state index in [4.69, 9.17) is 14.2 Å². The number of likely N-dealkylation sites (tertiary alicyclic amines) is 1. The van der Waals surface area contributed by atoms with Crippen LogP contribution in [0.3, 0.4) is 0 Å². The molecule has 8 nitrogen and oxygen atoms in total. The van der Waals surface area contributed by atoms with Crippen molar-refractivity contribution in [2.45, 2.75) is 229 Å². The fourth-order valence-corrected chi connectivity index (χ4v) is 26.9. The van der Waals surface area contributed by atoms with Gasteiger partial charge in [0, 0.05) is 18.6 Å². The van der Waals surface area contributed by atoms with Crippen molar-refractivity contribution in [2.75, 3.05) is 39.4 Å². The highest BCUT2D eigenvalue weighted by molar-refractivity contribution is 5.73. The number of nitrogens with one attached hydrogen (secondary N) is 1. The van der Waals surface area contributed by atoms with E-state index in [1.165, 1.54) is 153 Å². The van der Waals surface area contributed by atoms with Gasteiger partial charge in [-0.3, -0.25) is 9.59 Å². The molecule has 0 spiro atoms. The number of aliphatic hydroxyl groups is 1. The SMILES string of the molecule is C=C(CO)[C@@H]1CC[C@]2(C)CC[C@]3(C)[C@H](CC[C@@H]4[C@@]5(C)CC=C(c6ccc(OC=O)c(F)c6)C(C)(C)[C@@H]5CC[C@]43C)[C@@H]12.CC1([C@@H]2CC[C@]3(NCCN4CCCCC4)CC[C@]4(C)[C@H](CC[C@@H]5[C@@]6(C)CC=C(c7ccc(OC=O)c(F)c7)C(C)(C)[C@@H]6CC[C@]54C)[C@@H]23)CO1. The van der Waals surface area contributed by atoms with E-state index in [0.29, 0.717) is 76.0 Å². The van der Waals surface area contributed by atoms with Gasteiger partial charge in [-0.2, -0.15) is 0 Å². The second-order valence-corrected chi connectivity index (χ2v) is 35.5. The molecule has 2 N–H and O–H groups in total. The van der Waals surface area contributed by atoms with Gasteiger partial charge in [-0.25, -0.2) is 8.78 Å². The van der Waals surface area contributed by atoms with Crippen LogP contribution in [-0.2, 0) is 14.3 Å². The topological polar surface area (TPSA) is 101 Å². The third kappa shape index (κ3) is 9.64. The number of epoxide rings is 1. The van der Waals surface area contributed by atoms with E-state index < -0.39 is 11.6 Å². The lowest BCUT2D eigenvalue weighted by Crippen LogP contribution is -2.68. The second-order valence-electron chi connectivity index (χ2n) is 35.5. The molecule has 2 aromatic rings. The number of hydrogen-bond donors (Lipinski definition) is 2. The Labute approximate surface area is 540 Å². The minimum atomic E-state index is -0.486. The first-order valence-electron chi connectivity index (χ1n) is 36.2. The van der Waals surface area contributed by atoms with Crippen molar-refractivity contribution < 1.29 is 37.7 Å². The molecular weight excluding hydrogens is 1120 g/mol. The van der Waals surface area contributed by atoms with Gasteiger partial charge in [0.2, 0.25) is 0 Å². The number of fused-ring (bicyclic) bond motifs is 14. The smallest absolute Gasteiger partial charge is 0.298 e. The molecule has 1 unspecified atom stereocenters. The average molecular weight is 1240 g/mol. The summed E-state index contributed by atoms with van der Waals surface area (Å²) in [6, 6.07) is 10.2. The van der Waals surface area contributed by atoms with Crippen molar-refractivity contribution >= 4 is 24.1 Å². The van der Waals surface area contributed by atoms with Gasteiger partial charge in [-0.1, -0.05) is 113 Å². The summed E-state index contributed by atoms with van der Waals surface area (Å²) in [6.45, 7) is 41.5. The van der Waals surface area contributed by atoms with E-state index in [1.807, 2.05) is 12.1 Å². The van der Waals surface area contributed by atoms with E-state index in [0.717, 1.165) is 48.6 Å². The van der Waals surface area contributed by atoms with Crippen LogP contribution in [0.1, 0.15) is 229 Å². The summed E-state index contributed by atoms with van der Waals surface area (Å²) in [7, 11) is 0. The Morgan fingerprint density at radius 3 is 1.60 bits per heavy atom. The molecule has 0 bridgehead atoms. The van der Waals surface area contributed by atoms with Crippen molar-refractivity contribution in [3.05, 3.63) is 83.5 Å². The average Bonchev–Trinajstić information content (AvgIpc) is 1.01. The van der Waals surface area contributed by atoms with E-state index in [9.17, 15) is 23.5 Å². The van der Waals surface area contributed by atoms with Crippen LogP contribution in [0.2, 0.25) is 0 Å². The van der Waals surface area contributed by atoms with Crippen molar-refractivity contribution in [2.24, 2.45) is 108 Å². The molecule has 2 aliphatic heterocycles. The molecule has 14 rings (SSSR count). The van der Waals surface area contributed by atoms with Crippen molar-refractivity contribution in [1.29, 1.82) is 0 Å². The molecule has 0 radical (unpaired) electrons. The number of piperidine rings is 1. The molecule has 90 heavy (non-hydrogen) atoms. The van der Waals surface area contributed by atoms with Crippen molar-refractivity contribution in [3.8, 4) is 11.5 Å². The zero-order valence-corrected chi connectivity index (χ0v) is 57.5. The van der Waals surface area contributed by atoms with Gasteiger partial charge in [0.1, 0.15) is 0 Å². The van der Waals surface area contributed by atoms with Gasteiger partial charge in [-0.15, -0.1) is 0 Å². The second kappa shape index (κ2) is 22.7. The molecular formula is C80H114F2N2O6. The molecule has 10 heteroatoms. The molecule has 0 aromatic heterocycles. The maximum Gasteiger partial charge on any atom is 0.298 e. The molecule has 494 valence electrons. The molecule has 10 aliphatic carbocycles. The van der Waals surface area contributed by atoms with E-state index >= 15 is 0 Å². The summed E-state index contributed by atoms with van der Waals surface area (Å²) >= 11 is 0. The first kappa shape index (κ1) is 65.0. The normalized spacial score (nSPS) is 45.1. The Bertz CT molecular complexity index is 3180. The van der Waals surface area contributed by atoms with Crippen LogP contribution in [0, 0.1) is 120 Å². The first-order valence-corrected chi connectivity index (χ1v) is 36.2. The Kier molecular flexibility index (Phi) is 16.4. The van der Waals surface area contributed by atoms with Gasteiger partial charge >= 0.3 is 0 Å². The van der Waals surface area contributed by atoms with Crippen LogP contribution < -0.4 is 14.8 Å². The van der Waals surface area contributed by atoms with E-state index in [2.05, 4.69) is 112 Å². The number of allylic oxidation sites excluding steroid dienone is 4. The highest BCUT2D eigenvalue weighted by Gasteiger charge is 2.74. The lowest BCUT2D eigenvalue weighted by Gasteiger charge is -2.72. The number of carbonyl (C=O) groups excluding carboxylic acids is 2. The maximum atomic E-state index is 15.0. The summed E-state index contributed by atoms with van der Waals surface area (Å²) in [5.74, 6) is 5.27. The molecule has 10 fully saturated rings. The fourth-order valence-electron chi connectivity index (χ4n) is 26.9. The van der Waals surface area contributed by atoms with Gasteiger partial charge in [0.05, 0.1) is 18.8 Å². The molecule has 12 aliphatic rings. The van der Waals surface area contributed by atoms with Gasteiger partial charge < -0.3 is 29.5 Å². The fraction of sp³-hybridized carbons (Fsp3) is 0.750. The Morgan fingerprint density at radius 2 is 1.11 bits per heavy atom. The summed E-state index contributed by atoms with van der Waals surface area (Å²) in [5, 5.41) is 14.4. The molecule has 8 saturated carbocycles. The van der Waals surface area contributed by atoms with E-state index in [-0.39, 0.29) is 68.2 Å². The molecule has 2 aromatic carbocycles. The van der Waals surface area contributed by atoms with E-state index in [1.54, 1.807) is 24.3 Å². The maximum absolute atomic E-state index is 15.0. The summed E-state index contributed by atoms with van der Waals surface area (Å²) in [6.07, 6.45) is 31.6. The zero-order valence-electron chi connectivity index (χ0n) is 57.5. The van der Waals surface area contributed by atoms with Crippen LogP contribution in [0.25, 0.3) is 11.1 Å². The zero-order chi connectivity index (χ0) is 64.0. The Hall–Kier alpha value is -3.70. The van der Waals surface area contributed by atoms with Crippen LogP contribution in [-0.4, -0.2) is 73.5 Å². The Balaban J connectivity index is 0.000000168. The number of carbonyl (C=O) groups is 2. The van der Waals surface area contributed by atoms with Crippen molar-refractivity contribution in [1.82, 2.24) is 10.2 Å². The molecule has 0 amide bonds. The summed E-state index contributed by atoms with van der Waals surface area (Å²) < 4.78 is 45.8. The molecule has 2 heterocycles. The summed E-state index contributed by atoms with van der Waals surface area (Å²) in [4.78, 5) is 24.4. The predicted octanol–water partition coefficient (Wildman–Crippen LogP) is 18.1. The third-order valence-corrected chi connectivity index (χ3v) is 31.7. The quantitative estimate of drug-likeness (QED) is 0.116. The largest absolute Gasteiger partial charge is 0.426 e. The minimum absolute atomic E-state index is 0.00307. The summed E-state index contributed by atoms with van der Waals surface area (Å²) in [5.41, 5.74) is 7.47. The number of ether oxygens (including phenoxy) is 3. The van der Waals surface area contributed by atoms with Gasteiger partial charge in [0.25, 0.3) is 12.9 Å². The monoisotopic (exact) mass is 1240 g/mol. The van der Waals surface area contributed by atoms with Crippen molar-refractivity contribution in [3.63, 3.8) is 0 Å². The minimum Gasteiger partial charge on any atom is -0.426 e. The number of hydrogen-bond acceptors (Lipinski definition) is 8. The standard InChI is InChI=1S/C43H63FN2O3.C37H51FO3/c1-38(2)30(29-10-12-34(48-28-47)33(44)26-29)14-17-39(3)35(38)16-18-41(5)36(39)13-11-31-37-32(42(6)27-49-42)15-19-43(37,21-20-40(31,41)4)45-22-25-46-23-8-7-9-24-46;1-23(21-39)25-12-15-34(4)18-19-36(6)27(32(25)34)9-11-31-35(5)16-13-26(24-8-10-29(41-22-40)28(38)20-24)33(2,3)30(35)14-17-37(31,36)7/h10,12,14,26,28,31-32,35-37,45H,7-9,11,13,15-25,27H2,1-6H3;8,10,13,20,22,25,27,30-32,39H,1,9,11-12,14-19,21H2,2-7H3/t31-,32-,35+,36-,37+,39+,40-,41-,42?,43+;25-,27+,30-,31+,32+,34+,35-,36+,37+/m10/s1. The first-order chi connectivity index (χ1) is 42.6. The number of rotatable bonds is 13. The van der Waals surface area contributed by atoms with Gasteiger partial charge in [0.15, 0.2) is 23.1 Å². The highest BCUT2D eigenvalue weighted by atomic mass is 19.1. The van der Waals surface area contributed by atoms with Crippen LogP contribution in [0.5, 0.6) is 11.5 Å². The Morgan fingerprint density at radius 1 is 0.600 bits per heavy atom. The number of nitrogens with zero attached hydrogens (tertiary/aromatic N) is 1. The van der Waals surface area contributed by atoms with Gasteiger partial charge in [-0.05, 0) is 308 Å². The molecule has 2 saturated heterocycles. The van der Waals surface area contributed by atoms with Crippen LogP contribution >= 0.6 is 0 Å². The van der Waals surface area contributed by atoms with Crippen LogP contribution in [0.15, 0.2) is 60.7 Å². The van der Waals surface area contributed by atoms with Crippen LogP contribution in [0.4, 0.5) is 8.78 Å². The lowest BCUT2D eigenvalue weighted by molar-refractivity contribution is -0.224. The number of aliphatic hydroxyl groups excluding tert-OH is 1. The number of benzene rings is 2. The molecule has 19 atom stereocenters. The highest BCUT2D eigenvalue weighted by Crippen LogP contribution is 2.80. The lowest BCUT2D eigenvalue weighted by atomic mass is 9.32. The predicted molar refractivity (Wildman–Crippen MR) is 356 cm³/mol. The number of halogens is 2.